The predicted molar refractivity (Wildman–Crippen MR) is 159 cm³/mol. The Morgan fingerprint density at radius 1 is 0.421 bits per heavy atom. The van der Waals surface area contributed by atoms with Crippen LogP contribution in [0.2, 0.25) is 0 Å². The van der Waals surface area contributed by atoms with Gasteiger partial charge in [-0.05, 0) is 73.6 Å². The van der Waals surface area contributed by atoms with Crippen LogP contribution in [0.1, 0.15) is 59.3 Å². The topological polar surface area (TPSA) is 9.86 Å². The van der Waals surface area contributed by atoms with Crippen LogP contribution in [0.5, 0.6) is 0 Å². The minimum atomic E-state index is 0.950. The van der Waals surface area contributed by atoms with E-state index in [0.29, 0.717) is 0 Å². The highest BCUT2D eigenvalue weighted by atomic mass is 15.0. The third-order valence-corrected chi connectivity index (χ3v) is 9.23. The van der Waals surface area contributed by atoms with Gasteiger partial charge in [-0.25, -0.2) is 0 Å². The molecule has 188 valence electrons. The third-order valence-electron chi connectivity index (χ3n) is 9.23. The Hall–Kier alpha value is -3.78. The standard InChI is InChI=1S/C36H34N2/c1-3-11-25(12-4-1)23-37-33-17-9-7-15-27(33)29-19-22-32-31(35(29)37)21-20-30-28-16-8-10-18-34(28)38(36(30)32)24-26-13-5-2-6-14-26/h1-6,11-14,19-22H,7-10,15-18,23-24H2. The summed E-state index contributed by atoms with van der Waals surface area (Å²) in [6.07, 6.45) is 10.0. The predicted octanol–water partition coefficient (Wildman–Crippen LogP) is 8.60. The zero-order valence-electron chi connectivity index (χ0n) is 22.0. The van der Waals surface area contributed by atoms with E-state index in [-0.39, 0.29) is 0 Å². The quantitative estimate of drug-likeness (QED) is 0.232. The molecule has 2 aromatic heterocycles. The molecule has 0 unspecified atom stereocenters. The number of hydrogen-bond donors (Lipinski definition) is 0. The molecule has 2 aliphatic carbocycles. The fraction of sp³-hybridized carbons (Fsp3) is 0.278. The summed E-state index contributed by atoms with van der Waals surface area (Å²) in [4.78, 5) is 0. The second-order valence-corrected chi connectivity index (χ2v) is 11.4. The van der Waals surface area contributed by atoms with Crippen LogP contribution in [-0.2, 0) is 38.8 Å². The molecule has 0 saturated carbocycles. The average Bonchev–Trinajstić information content (AvgIpc) is 3.47. The highest BCUT2D eigenvalue weighted by Crippen LogP contribution is 2.42. The van der Waals surface area contributed by atoms with E-state index in [9.17, 15) is 0 Å². The van der Waals surface area contributed by atoms with Crippen LogP contribution in [-0.4, -0.2) is 9.13 Å². The first-order valence-corrected chi connectivity index (χ1v) is 14.5. The number of rotatable bonds is 4. The highest BCUT2D eigenvalue weighted by molar-refractivity contribution is 6.17. The molecule has 2 aliphatic rings. The van der Waals surface area contributed by atoms with Crippen LogP contribution in [0.25, 0.3) is 32.6 Å². The van der Waals surface area contributed by atoms with Crippen molar-refractivity contribution in [2.75, 3.05) is 0 Å². The zero-order valence-corrected chi connectivity index (χ0v) is 22.0. The van der Waals surface area contributed by atoms with Gasteiger partial charge in [0.05, 0.1) is 11.0 Å². The minimum Gasteiger partial charge on any atom is -0.339 e. The molecular weight excluding hydrogens is 460 g/mol. The SMILES string of the molecule is c1ccc(Cn2c3c(c4ccc5c(ccc6c7c(n(Cc8ccccc8)c65)CCCC7)c42)CCCC3)cc1. The Labute approximate surface area is 224 Å². The Kier molecular flexibility index (Phi) is 5.21. The van der Waals surface area contributed by atoms with E-state index in [4.69, 9.17) is 0 Å². The molecule has 0 spiro atoms. The average molecular weight is 495 g/mol. The van der Waals surface area contributed by atoms with Crippen molar-refractivity contribution in [3.05, 3.63) is 119 Å². The molecule has 4 aromatic carbocycles. The van der Waals surface area contributed by atoms with E-state index in [1.807, 2.05) is 0 Å². The first-order valence-electron chi connectivity index (χ1n) is 14.5. The summed E-state index contributed by atoms with van der Waals surface area (Å²) < 4.78 is 5.36. The summed E-state index contributed by atoms with van der Waals surface area (Å²) in [5, 5.41) is 5.80. The Morgan fingerprint density at radius 3 is 1.26 bits per heavy atom. The van der Waals surface area contributed by atoms with Crippen molar-refractivity contribution < 1.29 is 0 Å². The fourth-order valence-corrected chi connectivity index (χ4v) is 7.55. The van der Waals surface area contributed by atoms with Crippen LogP contribution < -0.4 is 0 Å². The van der Waals surface area contributed by atoms with Gasteiger partial charge < -0.3 is 9.13 Å². The first kappa shape index (κ1) is 22.2. The summed E-state index contributed by atoms with van der Waals surface area (Å²) in [5.41, 5.74) is 12.0. The molecule has 2 heteroatoms. The second-order valence-electron chi connectivity index (χ2n) is 11.4. The van der Waals surface area contributed by atoms with Gasteiger partial charge in [0.15, 0.2) is 0 Å². The molecule has 8 rings (SSSR count). The molecule has 38 heavy (non-hydrogen) atoms. The van der Waals surface area contributed by atoms with Gasteiger partial charge in [0.25, 0.3) is 0 Å². The van der Waals surface area contributed by atoms with Gasteiger partial charge in [0.1, 0.15) is 0 Å². The summed E-state index contributed by atoms with van der Waals surface area (Å²) in [7, 11) is 0. The molecule has 0 bridgehead atoms. The smallest absolute Gasteiger partial charge is 0.0569 e. The highest BCUT2D eigenvalue weighted by Gasteiger charge is 2.25. The van der Waals surface area contributed by atoms with Gasteiger partial charge in [-0.1, -0.05) is 84.9 Å². The zero-order chi connectivity index (χ0) is 25.1. The molecule has 0 radical (unpaired) electrons. The number of nitrogens with zero attached hydrogens (tertiary/aromatic N) is 2. The van der Waals surface area contributed by atoms with Crippen molar-refractivity contribution in [3.8, 4) is 0 Å². The van der Waals surface area contributed by atoms with Crippen molar-refractivity contribution in [1.82, 2.24) is 9.13 Å². The van der Waals surface area contributed by atoms with E-state index in [1.165, 1.54) is 95.1 Å². The maximum absolute atomic E-state index is 2.68. The molecule has 0 fully saturated rings. The molecule has 0 N–H and O–H groups in total. The van der Waals surface area contributed by atoms with Gasteiger partial charge in [-0.2, -0.15) is 0 Å². The lowest BCUT2D eigenvalue weighted by atomic mass is 9.93. The molecular formula is C36H34N2. The number of aromatic nitrogens is 2. The van der Waals surface area contributed by atoms with E-state index in [1.54, 1.807) is 22.5 Å². The van der Waals surface area contributed by atoms with Crippen LogP contribution >= 0.6 is 0 Å². The van der Waals surface area contributed by atoms with Crippen molar-refractivity contribution in [3.63, 3.8) is 0 Å². The van der Waals surface area contributed by atoms with Crippen molar-refractivity contribution in [1.29, 1.82) is 0 Å². The molecule has 2 heterocycles. The molecule has 0 saturated heterocycles. The minimum absolute atomic E-state index is 0.950. The van der Waals surface area contributed by atoms with Gasteiger partial charge in [-0.15, -0.1) is 0 Å². The monoisotopic (exact) mass is 494 g/mol. The van der Waals surface area contributed by atoms with Gasteiger partial charge >= 0.3 is 0 Å². The number of benzene rings is 4. The van der Waals surface area contributed by atoms with Crippen molar-refractivity contribution in [2.45, 2.75) is 64.5 Å². The Bertz CT molecular complexity index is 1670. The number of aryl methyl sites for hydroxylation is 2. The van der Waals surface area contributed by atoms with Crippen LogP contribution in [0.15, 0.2) is 84.9 Å². The van der Waals surface area contributed by atoms with Crippen LogP contribution in [0.4, 0.5) is 0 Å². The maximum Gasteiger partial charge on any atom is 0.0569 e. The summed E-state index contributed by atoms with van der Waals surface area (Å²) in [5.74, 6) is 0. The van der Waals surface area contributed by atoms with E-state index < -0.39 is 0 Å². The Morgan fingerprint density at radius 2 is 0.816 bits per heavy atom. The summed E-state index contributed by atoms with van der Waals surface area (Å²) >= 11 is 0. The summed E-state index contributed by atoms with van der Waals surface area (Å²) in [6, 6.07) is 31.9. The fourth-order valence-electron chi connectivity index (χ4n) is 7.55. The Balaban J connectivity index is 1.43. The van der Waals surface area contributed by atoms with Gasteiger partial charge in [-0.3, -0.25) is 0 Å². The van der Waals surface area contributed by atoms with E-state index in [2.05, 4.69) is 94.1 Å². The van der Waals surface area contributed by atoms with Crippen molar-refractivity contribution >= 4 is 32.6 Å². The van der Waals surface area contributed by atoms with Crippen LogP contribution in [0.3, 0.4) is 0 Å². The molecule has 0 aliphatic heterocycles. The summed E-state index contributed by atoms with van der Waals surface area (Å²) in [6.45, 7) is 1.90. The maximum atomic E-state index is 2.68. The second kappa shape index (κ2) is 8.91. The largest absolute Gasteiger partial charge is 0.339 e. The first-order chi connectivity index (χ1) is 18.9. The van der Waals surface area contributed by atoms with Gasteiger partial charge in [0.2, 0.25) is 0 Å². The third kappa shape index (κ3) is 3.39. The molecule has 0 amide bonds. The lowest BCUT2D eigenvalue weighted by molar-refractivity contribution is 0.638. The normalized spacial score (nSPS) is 15.3. The van der Waals surface area contributed by atoms with Crippen molar-refractivity contribution in [2.24, 2.45) is 0 Å². The van der Waals surface area contributed by atoms with E-state index in [0.717, 1.165) is 13.1 Å². The lowest BCUT2D eigenvalue weighted by Gasteiger charge is -2.17. The number of fused-ring (bicyclic) bond motifs is 9. The lowest BCUT2D eigenvalue weighted by Crippen LogP contribution is -2.09. The number of hydrogen-bond acceptors (Lipinski definition) is 0. The molecule has 6 aromatic rings. The molecule has 0 atom stereocenters. The van der Waals surface area contributed by atoms with E-state index >= 15 is 0 Å². The van der Waals surface area contributed by atoms with Crippen LogP contribution in [0, 0.1) is 0 Å². The molecule has 2 nitrogen and oxygen atoms in total. The van der Waals surface area contributed by atoms with Gasteiger partial charge in [0, 0.05) is 46.0 Å².